The minimum absolute atomic E-state index is 0.655. The van der Waals surface area contributed by atoms with E-state index in [0.717, 1.165) is 10.4 Å². The highest BCUT2D eigenvalue weighted by Crippen LogP contribution is 1.89. The number of rotatable bonds is 0. The molecular weight excluding hydrogens is 216 g/mol. The van der Waals surface area contributed by atoms with Crippen molar-refractivity contribution in [2.45, 2.75) is 0 Å². The molecule has 2 aromatic rings. The van der Waals surface area contributed by atoms with Gasteiger partial charge in [0.15, 0.2) is 0 Å². The fourth-order valence-electron chi connectivity index (χ4n) is 1.87. The lowest BCUT2D eigenvalue weighted by atomic mass is 10.3. The maximum absolute atomic E-state index is 12.3. The maximum Gasteiger partial charge on any atom is 0.346 e. The summed E-state index contributed by atoms with van der Waals surface area (Å²) < 4.78 is 12.3. The van der Waals surface area contributed by atoms with Crippen LogP contribution in [0.25, 0.3) is 0 Å². The second-order valence-corrected chi connectivity index (χ2v) is 6.61. The van der Waals surface area contributed by atoms with Gasteiger partial charge in [-0.15, -0.1) is 0 Å². The molecule has 0 unspecified atom stereocenters. The quantitative estimate of drug-likeness (QED) is 0.457. The number of benzene rings is 2. The molecule has 2 aromatic carbocycles. The normalized spacial score (nSPS) is 13.2. The standard InChI is InChI=1S/C12H8OSi2/c13-15-11-7-3-1-5-9(11)14-10-6-2-4-8-12(10)15/h1-8H. The summed E-state index contributed by atoms with van der Waals surface area (Å²) in [5.41, 5.74) is 0. The predicted octanol–water partition coefficient (Wildman–Crippen LogP) is -0.809. The summed E-state index contributed by atoms with van der Waals surface area (Å²) in [6, 6.07) is 16.2. The van der Waals surface area contributed by atoms with Crippen LogP contribution < -0.4 is 20.7 Å². The Morgan fingerprint density at radius 3 is 1.80 bits per heavy atom. The van der Waals surface area contributed by atoms with Gasteiger partial charge in [-0.25, -0.2) is 0 Å². The van der Waals surface area contributed by atoms with Crippen molar-refractivity contribution < 1.29 is 4.46 Å². The molecule has 0 saturated heterocycles. The molecule has 0 saturated carbocycles. The van der Waals surface area contributed by atoms with Gasteiger partial charge in [-0.3, -0.25) is 0 Å². The van der Waals surface area contributed by atoms with Gasteiger partial charge in [0, 0.05) is 10.4 Å². The fraction of sp³-hybridized carbons (Fsp3) is 0. The maximum atomic E-state index is 12.3. The zero-order chi connectivity index (χ0) is 10.3. The van der Waals surface area contributed by atoms with Gasteiger partial charge >= 0.3 is 8.68 Å². The van der Waals surface area contributed by atoms with E-state index in [9.17, 15) is 4.46 Å². The molecule has 15 heavy (non-hydrogen) atoms. The molecule has 0 atom stereocenters. The summed E-state index contributed by atoms with van der Waals surface area (Å²) in [5.74, 6) is 0. The SMILES string of the molecule is O=[Si]1c2ccccc2[Si]c2ccccc21. The van der Waals surface area contributed by atoms with Crippen LogP contribution in [0.1, 0.15) is 0 Å². The van der Waals surface area contributed by atoms with Crippen molar-refractivity contribution >= 4 is 38.9 Å². The first-order valence-electron chi connectivity index (χ1n) is 4.86. The van der Waals surface area contributed by atoms with Crippen molar-refractivity contribution in [3.05, 3.63) is 48.5 Å². The molecule has 0 spiro atoms. The van der Waals surface area contributed by atoms with Crippen LogP contribution in [0.3, 0.4) is 0 Å². The van der Waals surface area contributed by atoms with Gasteiger partial charge in [-0.05, 0) is 0 Å². The van der Waals surface area contributed by atoms with E-state index in [0.29, 0.717) is 9.52 Å². The zero-order valence-electron chi connectivity index (χ0n) is 8.03. The summed E-state index contributed by atoms with van der Waals surface area (Å²) in [4.78, 5) is 0. The van der Waals surface area contributed by atoms with Gasteiger partial charge in [0.1, 0.15) is 9.52 Å². The van der Waals surface area contributed by atoms with E-state index in [1.807, 2.05) is 36.4 Å². The molecule has 0 aromatic heterocycles. The third kappa shape index (κ3) is 1.35. The second kappa shape index (κ2) is 3.36. The Hall–Kier alpha value is -1.33. The Morgan fingerprint density at radius 2 is 1.27 bits per heavy atom. The molecule has 3 heteroatoms. The molecule has 2 radical (unpaired) electrons. The molecule has 0 fully saturated rings. The van der Waals surface area contributed by atoms with Gasteiger partial charge in [0.2, 0.25) is 0 Å². The number of hydrogen-bond acceptors (Lipinski definition) is 1. The highest BCUT2D eigenvalue weighted by molar-refractivity contribution is 6.89. The van der Waals surface area contributed by atoms with Crippen LogP contribution >= 0.6 is 0 Å². The van der Waals surface area contributed by atoms with Crippen molar-refractivity contribution in [1.29, 1.82) is 0 Å². The van der Waals surface area contributed by atoms with Crippen LogP contribution in [-0.4, -0.2) is 18.2 Å². The molecule has 0 amide bonds. The minimum atomic E-state index is -1.75. The van der Waals surface area contributed by atoms with Crippen LogP contribution in [0.15, 0.2) is 48.5 Å². The predicted molar refractivity (Wildman–Crippen MR) is 63.6 cm³/mol. The molecule has 3 rings (SSSR count). The van der Waals surface area contributed by atoms with Crippen molar-refractivity contribution in [2.24, 2.45) is 0 Å². The molecular formula is C12H8OSi2. The Kier molecular flexibility index (Phi) is 2.00. The van der Waals surface area contributed by atoms with Crippen molar-refractivity contribution in [1.82, 2.24) is 0 Å². The average Bonchev–Trinajstić information content (AvgIpc) is 2.30. The average molecular weight is 224 g/mol. The molecule has 0 N–H and O–H groups in total. The Morgan fingerprint density at radius 1 is 0.800 bits per heavy atom. The number of hydrogen-bond donors (Lipinski definition) is 0. The minimum Gasteiger partial charge on any atom is -0.376 e. The molecule has 1 nitrogen and oxygen atoms in total. The summed E-state index contributed by atoms with van der Waals surface area (Å²) >= 11 is 0. The van der Waals surface area contributed by atoms with Gasteiger partial charge in [0.05, 0.1) is 0 Å². The van der Waals surface area contributed by atoms with Gasteiger partial charge in [-0.1, -0.05) is 58.9 Å². The van der Waals surface area contributed by atoms with Gasteiger partial charge < -0.3 is 4.46 Å². The highest BCUT2D eigenvalue weighted by Gasteiger charge is 2.24. The molecule has 1 aliphatic rings. The Labute approximate surface area is 92.3 Å². The van der Waals surface area contributed by atoms with Crippen LogP contribution in [-0.2, 0) is 4.46 Å². The first-order valence-corrected chi connectivity index (χ1v) is 7.27. The van der Waals surface area contributed by atoms with Crippen LogP contribution in [0.5, 0.6) is 0 Å². The van der Waals surface area contributed by atoms with E-state index in [1.165, 1.54) is 10.4 Å². The first-order chi connectivity index (χ1) is 7.36. The Balaban J connectivity index is 2.24. The lowest BCUT2D eigenvalue weighted by Crippen LogP contribution is -2.59. The fourth-order valence-corrected chi connectivity index (χ4v) is 5.45. The molecule has 1 heterocycles. The summed E-state index contributed by atoms with van der Waals surface area (Å²) in [6.07, 6.45) is 0. The topological polar surface area (TPSA) is 17.1 Å². The molecule has 1 aliphatic heterocycles. The second-order valence-electron chi connectivity index (χ2n) is 3.55. The first kappa shape index (κ1) is 8.94. The van der Waals surface area contributed by atoms with Gasteiger partial charge in [0.25, 0.3) is 0 Å². The number of fused-ring (bicyclic) bond motifs is 2. The summed E-state index contributed by atoms with van der Waals surface area (Å²) in [5, 5.41) is 4.61. The van der Waals surface area contributed by atoms with E-state index in [-0.39, 0.29) is 0 Å². The van der Waals surface area contributed by atoms with Crippen LogP contribution in [0.2, 0.25) is 0 Å². The van der Waals surface area contributed by atoms with Crippen molar-refractivity contribution in [3.63, 3.8) is 0 Å². The third-order valence-corrected chi connectivity index (χ3v) is 6.37. The van der Waals surface area contributed by atoms with E-state index >= 15 is 0 Å². The Bertz CT molecular complexity index is 501. The third-order valence-electron chi connectivity index (χ3n) is 2.61. The lowest BCUT2D eigenvalue weighted by Gasteiger charge is -2.15. The van der Waals surface area contributed by atoms with Crippen LogP contribution in [0, 0.1) is 0 Å². The summed E-state index contributed by atoms with van der Waals surface area (Å²) in [7, 11) is -1.09. The zero-order valence-corrected chi connectivity index (χ0v) is 10.0. The molecule has 0 bridgehead atoms. The van der Waals surface area contributed by atoms with E-state index in [1.54, 1.807) is 0 Å². The smallest absolute Gasteiger partial charge is 0.346 e. The van der Waals surface area contributed by atoms with Gasteiger partial charge in [-0.2, -0.15) is 0 Å². The van der Waals surface area contributed by atoms with Crippen molar-refractivity contribution in [2.75, 3.05) is 0 Å². The molecule has 70 valence electrons. The highest BCUT2D eigenvalue weighted by atomic mass is 28.3. The van der Waals surface area contributed by atoms with Crippen molar-refractivity contribution in [3.8, 4) is 0 Å². The van der Waals surface area contributed by atoms with Crippen LogP contribution in [0.4, 0.5) is 0 Å². The lowest BCUT2D eigenvalue weighted by molar-refractivity contribution is 0.576. The monoisotopic (exact) mass is 224 g/mol. The molecule has 0 aliphatic carbocycles. The largest absolute Gasteiger partial charge is 0.376 e. The van der Waals surface area contributed by atoms with E-state index < -0.39 is 8.68 Å². The van der Waals surface area contributed by atoms with E-state index in [2.05, 4.69) is 12.1 Å². The van der Waals surface area contributed by atoms with E-state index in [4.69, 9.17) is 0 Å². The summed E-state index contributed by atoms with van der Waals surface area (Å²) in [6.45, 7) is 0.